The first-order chi connectivity index (χ1) is 8.33. The predicted octanol–water partition coefficient (Wildman–Crippen LogP) is 2.84. The molecule has 17 heavy (non-hydrogen) atoms. The molecular weight excluding hydrogens is 207 g/mol. The lowest BCUT2D eigenvalue weighted by atomic mass is 9.59. The molecule has 0 atom stereocenters. The van der Waals surface area contributed by atoms with Crippen LogP contribution in [-0.2, 0) is 0 Å². The van der Waals surface area contributed by atoms with Crippen LogP contribution in [0.2, 0.25) is 0 Å². The van der Waals surface area contributed by atoms with Crippen molar-refractivity contribution in [1.82, 2.24) is 0 Å². The van der Waals surface area contributed by atoms with Crippen LogP contribution in [0.4, 0.5) is 0 Å². The Labute approximate surface area is 102 Å². The second kappa shape index (κ2) is 4.13. The number of fused-ring (bicyclic) bond motifs is 1. The van der Waals surface area contributed by atoms with Gasteiger partial charge in [-0.15, -0.1) is 0 Å². The molecule has 2 aromatic rings. The maximum absolute atomic E-state index is 5.97. The molecule has 0 spiro atoms. The molecule has 0 radical (unpaired) electrons. The molecule has 1 aliphatic heterocycles. The number of hydrogen-bond acceptors (Lipinski definition) is 1. The highest BCUT2D eigenvalue weighted by Crippen LogP contribution is 2.23. The molecule has 1 nitrogen and oxygen atoms in total. The Morgan fingerprint density at radius 3 is 2.53 bits per heavy atom. The van der Waals surface area contributed by atoms with Gasteiger partial charge < -0.3 is 4.65 Å². The molecule has 1 heterocycles. The van der Waals surface area contributed by atoms with E-state index in [0.717, 1.165) is 11.3 Å². The summed E-state index contributed by atoms with van der Waals surface area (Å²) in [7, 11) is 0. The van der Waals surface area contributed by atoms with Crippen LogP contribution in [0.5, 0.6) is 5.75 Å². The van der Waals surface area contributed by atoms with Crippen LogP contribution < -0.4 is 10.1 Å². The molecule has 0 saturated carbocycles. The van der Waals surface area contributed by atoms with E-state index in [-0.39, 0.29) is 6.92 Å². The molecule has 2 aromatic carbocycles. The summed E-state index contributed by atoms with van der Waals surface area (Å²) >= 11 is 0. The summed E-state index contributed by atoms with van der Waals surface area (Å²) in [6.45, 7) is 2.13. The van der Waals surface area contributed by atoms with E-state index < -0.39 is 0 Å². The highest BCUT2D eigenvalue weighted by molar-refractivity contribution is 6.73. The Bertz CT molecular complexity index is 557. The number of hydrogen-bond donors (Lipinski definition) is 0. The van der Waals surface area contributed by atoms with E-state index in [1.54, 1.807) is 0 Å². The standard InChI is InChI=1S/C15H13BO/c1-12-6-8-14(9-7-12)16-11-10-13-4-2-3-5-15(13)17-16/h2-11H,1H3. The fourth-order valence-corrected chi connectivity index (χ4v) is 2.03. The molecule has 0 N–H and O–H groups in total. The SMILES string of the molecule is Cc1ccc(B2C=Cc3ccccc3O2)cc1. The van der Waals surface area contributed by atoms with Crippen molar-refractivity contribution in [2.75, 3.05) is 0 Å². The Hall–Kier alpha value is -1.96. The zero-order chi connectivity index (χ0) is 11.7. The van der Waals surface area contributed by atoms with Gasteiger partial charge in [0.25, 0.3) is 0 Å². The number of benzene rings is 2. The molecule has 2 heteroatoms. The molecule has 0 unspecified atom stereocenters. The van der Waals surface area contributed by atoms with E-state index in [2.05, 4.69) is 49.3 Å². The number of para-hydroxylation sites is 1. The van der Waals surface area contributed by atoms with Crippen molar-refractivity contribution in [3.8, 4) is 5.75 Å². The molecule has 0 amide bonds. The van der Waals surface area contributed by atoms with Crippen molar-refractivity contribution in [1.29, 1.82) is 0 Å². The Morgan fingerprint density at radius 2 is 1.71 bits per heavy atom. The van der Waals surface area contributed by atoms with Crippen molar-refractivity contribution < 1.29 is 4.65 Å². The number of aryl methyl sites for hydroxylation is 1. The number of rotatable bonds is 1. The van der Waals surface area contributed by atoms with Crippen molar-refractivity contribution in [2.24, 2.45) is 0 Å². The molecule has 0 fully saturated rings. The summed E-state index contributed by atoms with van der Waals surface area (Å²) in [4.78, 5) is 0. The van der Waals surface area contributed by atoms with Gasteiger partial charge in [-0.05, 0) is 18.5 Å². The van der Waals surface area contributed by atoms with E-state index in [4.69, 9.17) is 4.65 Å². The molecule has 1 aliphatic rings. The average Bonchev–Trinajstić information content (AvgIpc) is 2.39. The third kappa shape index (κ3) is 1.98. The van der Waals surface area contributed by atoms with Crippen LogP contribution in [0.3, 0.4) is 0 Å². The summed E-state index contributed by atoms with van der Waals surface area (Å²) in [5.41, 5.74) is 3.62. The van der Waals surface area contributed by atoms with Gasteiger partial charge in [-0.2, -0.15) is 0 Å². The van der Waals surface area contributed by atoms with Crippen LogP contribution in [0.25, 0.3) is 6.08 Å². The van der Waals surface area contributed by atoms with Gasteiger partial charge in [-0.25, -0.2) is 0 Å². The summed E-state index contributed by atoms with van der Waals surface area (Å²) < 4.78 is 5.97. The minimum atomic E-state index is 0.0329. The van der Waals surface area contributed by atoms with Crippen LogP contribution in [-0.4, -0.2) is 6.92 Å². The van der Waals surface area contributed by atoms with Gasteiger partial charge in [0.1, 0.15) is 5.75 Å². The van der Waals surface area contributed by atoms with Crippen LogP contribution >= 0.6 is 0 Å². The Morgan fingerprint density at radius 1 is 0.941 bits per heavy atom. The molecule has 82 valence electrons. The smallest absolute Gasteiger partial charge is 0.419 e. The lowest BCUT2D eigenvalue weighted by Gasteiger charge is -2.19. The van der Waals surface area contributed by atoms with Gasteiger partial charge in [-0.3, -0.25) is 0 Å². The van der Waals surface area contributed by atoms with E-state index in [0.29, 0.717) is 0 Å². The summed E-state index contributed by atoms with van der Waals surface area (Å²) in [5.74, 6) is 3.06. The van der Waals surface area contributed by atoms with Crippen LogP contribution in [0.15, 0.2) is 54.5 Å². The lowest BCUT2D eigenvalue weighted by Crippen LogP contribution is -2.36. The van der Waals surface area contributed by atoms with Crippen LogP contribution in [0.1, 0.15) is 11.1 Å². The molecule has 3 rings (SSSR count). The fraction of sp³-hybridized carbons (Fsp3) is 0.0667. The zero-order valence-corrected chi connectivity index (χ0v) is 9.76. The Kier molecular flexibility index (Phi) is 2.48. The lowest BCUT2D eigenvalue weighted by molar-refractivity contribution is 0.586. The largest absolute Gasteiger partial charge is 0.551 e. The summed E-state index contributed by atoms with van der Waals surface area (Å²) in [5, 5.41) is 0. The third-order valence-corrected chi connectivity index (χ3v) is 3.03. The van der Waals surface area contributed by atoms with Crippen molar-refractivity contribution in [3.05, 3.63) is 65.6 Å². The van der Waals surface area contributed by atoms with Gasteiger partial charge in [-0.1, -0.05) is 60.1 Å². The highest BCUT2D eigenvalue weighted by Gasteiger charge is 2.21. The third-order valence-electron chi connectivity index (χ3n) is 3.03. The van der Waals surface area contributed by atoms with Gasteiger partial charge in [0.05, 0.1) is 0 Å². The van der Waals surface area contributed by atoms with Gasteiger partial charge >= 0.3 is 6.92 Å². The normalized spacial score (nSPS) is 13.1. The van der Waals surface area contributed by atoms with E-state index in [9.17, 15) is 0 Å². The van der Waals surface area contributed by atoms with E-state index in [1.807, 2.05) is 18.2 Å². The highest BCUT2D eigenvalue weighted by atomic mass is 16.4. The molecule has 0 aliphatic carbocycles. The van der Waals surface area contributed by atoms with Crippen molar-refractivity contribution in [3.63, 3.8) is 0 Å². The maximum atomic E-state index is 5.97. The minimum absolute atomic E-state index is 0.0329. The first-order valence-electron chi connectivity index (χ1n) is 5.83. The molecule has 0 aromatic heterocycles. The maximum Gasteiger partial charge on any atom is 0.419 e. The van der Waals surface area contributed by atoms with Gasteiger partial charge in [0.15, 0.2) is 0 Å². The molecule has 0 saturated heterocycles. The van der Waals surface area contributed by atoms with Crippen LogP contribution in [0, 0.1) is 6.92 Å². The summed E-state index contributed by atoms with van der Waals surface area (Å²) in [6, 6.07) is 16.6. The van der Waals surface area contributed by atoms with E-state index in [1.165, 1.54) is 11.0 Å². The topological polar surface area (TPSA) is 9.23 Å². The average molecular weight is 220 g/mol. The minimum Gasteiger partial charge on any atom is -0.551 e. The second-order valence-corrected chi connectivity index (χ2v) is 4.35. The molecule has 0 bridgehead atoms. The van der Waals surface area contributed by atoms with Gasteiger partial charge in [0.2, 0.25) is 0 Å². The zero-order valence-electron chi connectivity index (χ0n) is 9.76. The van der Waals surface area contributed by atoms with E-state index >= 15 is 0 Å². The first kappa shape index (κ1) is 10.2. The van der Waals surface area contributed by atoms with Crippen molar-refractivity contribution >= 4 is 18.5 Å². The predicted molar refractivity (Wildman–Crippen MR) is 72.7 cm³/mol. The molecular formula is C15H13BO. The quantitative estimate of drug-likeness (QED) is 0.671. The Balaban J connectivity index is 1.92. The second-order valence-electron chi connectivity index (χ2n) is 4.35. The summed E-state index contributed by atoms with van der Waals surface area (Å²) in [6.07, 6.45) is 2.13. The van der Waals surface area contributed by atoms with Gasteiger partial charge in [0, 0.05) is 5.56 Å². The monoisotopic (exact) mass is 220 g/mol. The fourth-order valence-electron chi connectivity index (χ4n) is 2.03. The first-order valence-corrected chi connectivity index (χ1v) is 5.83. The van der Waals surface area contributed by atoms with Crippen molar-refractivity contribution in [2.45, 2.75) is 6.92 Å².